The Bertz CT molecular complexity index is 222. The van der Waals surface area contributed by atoms with Gasteiger partial charge in [-0.15, -0.1) is 0 Å². The zero-order valence-electron chi connectivity index (χ0n) is 7.93. The molecule has 0 aromatic rings. The Labute approximate surface area is 72.4 Å². The van der Waals surface area contributed by atoms with Crippen LogP contribution in [0.2, 0.25) is 0 Å². The second kappa shape index (κ2) is 4.70. The van der Waals surface area contributed by atoms with E-state index >= 15 is 0 Å². The quantitative estimate of drug-likeness (QED) is 0.368. The van der Waals surface area contributed by atoms with Crippen molar-refractivity contribution in [3.05, 3.63) is 11.3 Å². The van der Waals surface area contributed by atoms with E-state index in [1.165, 1.54) is 6.92 Å². The van der Waals surface area contributed by atoms with Gasteiger partial charge in [-0.05, 0) is 33.3 Å². The number of esters is 1. The topological polar surface area (TPSA) is 43.4 Å². The summed E-state index contributed by atoms with van der Waals surface area (Å²) >= 11 is 0. The minimum Gasteiger partial charge on any atom is -0.431 e. The number of hydrogen-bond acceptors (Lipinski definition) is 3. The van der Waals surface area contributed by atoms with Gasteiger partial charge in [-0.2, -0.15) is 0 Å². The van der Waals surface area contributed by atoms with Crippen LogP contribution in [0.1, 0.15) is 34.1 Å². The Balaban J connectivity index is 4.03. The van der Waals surface area contributed by atoms with Crippen molar-refractivity contribution in [1.82, 2.24) is 0 Å². The van der Waals surface area contributed by atoms with E-state index in [4.69, 9.17) is 4.74 Å². The van der Waals surface area contributed by atoms with Gasteiger partial charge in [0.15, 0.2) is 0 Å². The zero-order chi connectivity index (χ0) is 9.72. The molecule has 3 nitrogen and oxygen atoms in total. The van der Waals surface area contributed by atoms with Gasteiger partial charge in [-0.1, -0.05) is 0 Å². The normalized spacial score (nSPS) is 9.00. The highest BCUT2D eigenvalue weighted by Crippen LogP contribution is 2.04. The Morgan fingerprint density at radius 2 is 1.58 bits per heavy atom. The Morgan fingerprint density at radius 3 is 1.92 bits per heavy atom. The fourth-order valence-electron chi connectivity index (χ4n) is 0.512. The molecule has 12 heavy (non-hydrogen) atoms. The molecule has 0 aliphatic carbocycles. The fraction of sp³-hybridized carbons (Fsp3) is 0.556. The summed E-state index contributed by atoms with van der Waals surface area (Å²) < 4.78 is 4.84. The highest BCUT2D eigenvalue weighted by molar-refractivity contribution is 5.94. The van der Waals surface area contributed by atoms with E-state index in [1.807, 2.05) is 13.8 Å². The third kappa shape index (κ3) is 4.66. The molecule has 0 heterocycles. The van der Waals surface area contributed by atoms with Crippen LogP contribution in [0.15, 0.2) is 11.3 Å². The molecule has 0 saturated heterocycles. The van der Waals surface area contributed by atoms with Crippen LogP contribution in [0, 0.1) is 0 Å². The summed E-state index contributed by atoms with van der Waals surface area (Å²) in [6, 6.07) is 0. The molecule has 0 radical (unpaired) electrons. The van der Waals surface area contributed by atoms with Crippen molar-refractivity contribution in [1.29, 1.82) is 0 Å². The number of ether oxygens (including phenoxy) is 1. The summed E-state index contributed by atoms with van der Waals surface area (Å²) in [5.41, 5.74) is 0.937. The minimum absolute atomic E-state index is 0.148. The molecule has 0 spiro atoms. The maximum Gasteiger partial charge on any atom is 0.318 e. The van der Waals surface area contributed by atoms with Crippen molar-refractivity contribution < 1.29 is 14.3 Å². The summed E-state index contributed by atoms with van der Waals surface area (Å²) in [5.74, 6) is -0.0935. The molecule has 0 saturated carbocycles. The third-order valence-electron chi connectivity index (χ3n) is 1.36. The van der Waals surface area contributed by atoms with Crippen LogP contribution in [-0.4, -0.2) is 11.8 Å². The Hall–Kier alpha value is -1.12. The van der Waals surface area contributed by atoms with Gasteiger partial charge in [0.25, 0.3) is 0 Å². The van der Waals surface area contributed by atoms with Crippen molar-refractivity contribution in [2.45, 2.75) is 34.1 Å². The molecule has 0 bridgehead atoms. The summed E-state index contributed by atoms with van der Waals surface area (Å²) in [4.78, 5) is 21.4. The van der Waals surface area contributed by atoms with E-state index in [9.17, 15) is 9.59 Å². The predicted molar refractivity (Wildman–Crippen MR) is 45.4 cm³/mol. The van der Waals surface area contributed by atoms with Gasteiger partial charge in [-0.3, -0.25) is 9.59 Å². The van der Waals surface area contributed by atoms with Crippen molar-refractivity contribution in [3.63, 3.8) is 0 Å². The van der Waals surface area contributed by atoms with Crippen molar-refractivity contribution in [2.24, 2.45) is 0 Å². The molecule has 0 aromatic carbocycles. The molecule has 3 heteroatoms. The molecule has 0 rings (SSSR count). The van der Waals surface area contributed by atoms with Gasteiger partial charge in [0.05, 0.1) is 0 Å². The highest BCUT2D eigenvalue weighted by atomic mass is 16.5. The zero-order valence-corrected chi connectivity index (χ0v) is 7.93. The van der Waals surface area contributed by atoms with Crippen LogP contribution < -0.4 is 0 Å². The fourth-order valence-corrected chi connectivity index (χ4v) is 0.512. The molecular weight excluding hydrogens is 156 g/mol. The van der Waals surface area contributed by atoms with E-state index < -0.39 is 5.97 Å². The lowest BCUT2D eigenvalue weighted by Crippen LogP contribution is -2.08. The largest absolute Gasteiger partial charge is 0.431 e. The van der Waals surface area contributed by atoms with Gasteiger partial charge in [0, 0.05) is 0 Å². The van der Waals surface area contributed by atoms with E-state index in [0.29, 0.717) is 5.76 Å². The highest BCUT2D eigenvalue weighted by Gasteiger charge is 2.07. The smallest absolute Gasteiger partial charge is 0.318 e. The summed E-state index contributed by atoms with van der Waals surface area (Å²) in [7, 11) is 0. The second-order valence-corrected chi connectivity index (χ2v) is 2.91. The van der Waals surface area contributed by atoms with Crippen LogP contribution in [-0.2, 0) is 14.3 Å². The predicted octanol–water partition coefficient (Wildman–Crippen LogP) is 1.82. The van der Waals surface area contributed by atoms with Crippen LogP contribution in [0.5, 0.6) is 0 Å². The molecule has 0 amide bonds. The first-order valence-electron chi connectivity index (χ1n) is 3.77. The van der Waals surface area contributed by atoms with E-state index in [0.717, 1.165) is 5.57 Å². The van der Waals surface area contributed by atoms with Crippen LogP contribution in [0.25, 0.3) is 0 Å². The molecule has 0 unspecified atom stereocenters. The van der Waals surface area contributed by atoms with Gasteiger partial charge in [0.2, 0.25) is 0 Å². The standard InChI is InChI=1S/C9H14O3/c1-6(2)8(4)12-9(11)5-7(3)10/h5H2,1-4H3. The second-order valence-electron chi connectivity index (χ2n) is 2.91. The average Bonchev–Trinajstić information content (AvgIpc) is 1.84. The van der Waals surface area contributed by atoms with Gasteiger partial charge in [0.1, 0.15) is 18.0 Å². The van der Waals surface area contributed by atoms with Crippen LogP contribution >= 0.6 is 0 Å². The summed E-state index contributed by atoms with van der Waals surface area (Å²) in [6.07, 6.45) is -0.148. The lowest BCUT2D eigenvalue weighted by molar-refractivity contribution is -0.141. The van der Waals surface area contributed by atoms with Crippen LogP contribution in [0.3, 0.4) is 0 Å². The van der Waals surface area contributed by atoms with E-state index in [2.05, 4.69) is 0 Å². The number of hydrogen-bond donors (Lipinski definition) is 0. The van der Waals surface area contributed by atoms with Gasteiger partial charge >= 0.3 is 5.97 Å². The number of Topliss-reactive ketones (excluding diaryl/α,β-unsaturated/α-hetero) is 1. The molecule has 0 fully saturated rings. The summed E-state index contributed by atoms with van der Waals surface area (Å²) in [6.45, 7) is 6.75. The number of allylic oxidation sites excluding steroid dienone is 2. The first-order chi connectivity index (χ1) is 5.43. The lowest BCUT2D eigenvalue weighted by atomic mass is 10.3. The molecule has 0 N–H and O–H groups in total. The third-order valence-corrected chi connectivity index (χ3v) is 1.36. The van der Waals surface area contributed by atoms with Crippen LogP contribution in [0.4, 0.5) is 0 Å². The van der Waals surface area contributed by atoms with Gasteiger partial charge < -0.3 is 4.74 Å². The molecule has 0 aliphatic heterocycles. The van der Waals surface area contributed by atoms with E-state index in [-0.39, 0.29) is 12.2 Å². The van der Waals surface area contributed by atoms with E-state index in [1.54, 1.807) is 6.92 Å². The number of rotatable bonds is 3. The summed E-state index contributed by atoms with van der Waals surface area (Å²) in [5, 5.41) is 0. The van der Waals surface area contributed by atoms with Gasteiger partial charge in [-0.25, -0.2) is 0 Å². The maximum absolute atomic E-state index is 10.9. The molecule has 0 aromatic heterocycles. The van der Waals surface area contributed by atoms with Crippen molar-refractivity contribution in [2.75, 3.05) is 0 Å². The number of carbonyl (C=O) groups is 2. The van der Waals surface area contributed by atoms with Crippen molar-refractivity contribution in [3.8, 4) is 0 Å². The maximum atomic E-state index is 10.9. The lowest BCUT2D eigenvalue weighted by Gasteiger charge is -2.03. The van der Waals surface area contributed by atoms with Crippen molar-refractivity contribution >= 4 is 11.8 Å². The first kappa shape index (κ1) is 10.9. The molecule has 0 aliphatic rings. The first-order valence-corrected chi connectivity index (χ1v) is 3.77. The number of ketones is 1. The SMILES string of the molecule is CC(=O)CC(=O)OC(C)=C(C)C. The molecule has 68 valence electrons. The monoisotopic (exact) mass is 170 g/mol. The number of carbonyl (C=O) groups excluding carboxylic acids is 2. The molecular formula is C9H14O3. The minimum atomic E-state index is -0.485. The average molecular weight is 170 g/mol. The molecule has 0 atom stereocenters. The Morgan fingerprint density at radius 1 is 1.08 bits per heavy atom. The Kier molecular flexibility index (Phi) is 4.26.